The Morgan fingerprint density at radius 2 is 1.84 bits per heavy atom. The molecule has 9 heteroatoms. The van der Waals surface area contributed by atoms with Crippen LogP contribution in [-0.2, 0) is 10.5 Å². The Bertz CT molecular complexity index is 1210. The molecule has 1 aliphatic heterocycles. The van der Waals surface area contributed by atoms with Crippen LogP contribution in [0.1, 0.15) is 17.0 Å². The molecule has 5 rings (SSSR count). The fourth-order valence-corrected chi connectivity index (χ4v) is 4.47. The van der Waals surface area contributed by atoms with Crippen molar-refractivity contribution in [3.8, 4) is 17.1 Å². The average molecular weight is 449 g/mol. The summed E-state index contributed by atoms with van der Waals surface area (Å²) in [5.74, 6) is 2.49. The van der Waals surface area contributed by atoms with Crippen molar-refractivity contribution in [3.05, 3.63) is 65.5 Å². The molecule has 0 radical (unpaired) electrons. The minimum absolute atomic E-state index is 0.506. The van der Waals surface area contributed by atoms with Gasteiger partial charge in [-0.1, -0.05) is 53.3 Å². The zero-order valence-electron chi connectivity index (χ0n) is 18.1. The van der Waals surface area contributed by atoms with Crippen LogP contribution in [0.4, 0.5) is 5.95 Å². The van der Waals surface area contributed by atoms with E-state index in [9.17, 15) is 0 Å². The van der Waals surface area contributed by atoms with Crippen molar-refractivity contribution >= 4 is 17.7 Å². The highest BCUT2D eigenvalue weighted by molar-refractivity contribution is 7.98. The third-order valence-corrected chi connectivity index (χ3v) is 6.26. The normalized spacial score (nSPS) is 14.1. The number of benzene rings is 2. The van der Waals surface area contributed by atoms with Gasteiger partial charge in [0.15, 0.2) is 5.16 Å². The van der Waals surface area contributed by atoms with Crippen molar-refractivity contribution < 1.29 is 9.26 Å². The second-order valence-corrected chi connectivity index (χ2v) is 8.61. The first-order chi connectivity index (χ1) is 15.7. The smallest absolute Gasteiger partial charge is 0.237 e. The summed E-state index contributed by atoms with van der Waals surface area (Å²) in [6.45, 7) is 7.08. The number of anilines is 1. The maximum absolute atomic E-state index is 5.52. The fraction of sp³-hybridized carbons (Fsp3) is 0.304. The van der Waals surface area contributed by atoms with E-state index in [4.69, 9.17) is 9.26 Å². The third-order valence-electron chi connectivity index (χ3n) is 5.35. The highest BCUT2D eigenvalue weighted by atomic mass is 32.2. The first kappa shape index (κ1) is 20.7. The highest BCUT2D eigenvalue weighted by Gasteiger charge is 2.22. The van der Waals surface area contributed by atoms with E-state index in [1.165, 1.54) is 17.3 Å². The van der Waals surface area contributed by atoms with Gasteiger partial charge in [-0.2, -0.15) is 4.98 Å². The molecule has 0 amide bonds. The molecule has 1 aliphatic rings. The van der Waals surface area contributed by atoms with Gasteiger partial charge in [0.2, 0.25) is 17.7 Å². The fourth-order valence-electron chi connectivity index (χ4n) is 3.69. The topological polar surface area (TPSA) is 82.1 Å². The molecule has 0 spiro atoms. The van der Waals surface area contributed by atoms with Crippen LogP contribution in [-0.4, -0.2) is 51.2 Å². The van der Waals surface area contributed by atoms with Crippen molar-refractivity contribution in [2.45, 2.75) is 24.8 Å². The number of hydrogen-bond donors (Lipinski definition) is 0. The maximum Gasteiger partial charge on any atom is 0.237 e. The lowest BCUT2D eigenvalue weighted by atomic mass is 10.1. The summed E-state index contributed by atoms with van der Waals surface area (Å²) >= 11 is 1.53. The first-order valence-electron chi connectivity index (χ1n) is 10.6. The second-order valence-electron chi connectivity index (χ2n) is 7.67. The number of aryl methyl sites for hydroxylation is 2. The number of nitrogens with zero attached hydrogens (tertiary/aromatic N) is 6. The van der Waals surface area contributed by atoms with Gasteiger partial charge in [0.25, 0.3) is 0 Å². The van der Waals surface area contributed by atoms with Gasteiger partial charge < -0.3 is 14.2 Å². The van der Waals surface area contributed by atoms with Crippen molar-refractivity contribution in [3.63, 3.8) is 0 Å². The third kappa shape index (κ3) is 4.26. The summed E-state index contributed by atoms with van der Waals surface area (Å²) in [4.78, 5) is 6.80. The lowest BCUT2D eigenvalue weighted by Crippen LogP contribution is -2.37. The molecular weight excluding hydrogens is 424 g/mol. The molecule has 1 saturated heterocycles. The monoisotopic (exact) mass is 448 g/mol. The standard InChI is InChI=1S/C23H24N6O2S/c1-16-6-5-8-18(14-16)29-22(28-10-12-30-13-11-28)25-26-23(29)32-15-20-24-21(27-31-20)19-9-4-3-7-17(19)2/h3-9,14H,10-13,15H2,1-2H3. The predicted molar refractivity (Wildman–Crippen MR) is 123 cm³/mol. The van der Waals surface area contributed by atoms with Crippen LogP contribution in [0.25, 0.3) is 17.1 Å². The first-order valence-corrected chi connectivity index (χ1v) is 11.5. The molecule has 0 aliphatic carbocycles. The van der Waals surface area contributed by atoms with Gasteiger partial charge in [0, 0.05) is 18.7 Å². The predicted octanol–water partition coefficient (Wildman–Crippen LogP) is 4.06. The van der Waals surface area contributed by atoms with E-state index in [-0.39, 0.29) is 0 Å². The molecule has 8 nitrogen and oxygen atoms in total. The van der Waals surface area contributed by atoms with Gasteiger partial charge in [0.05, 0.1) is 24.7 Å². The van der Waals surface area contributed by atoms with Gasteiger partial charge in [-0.05, 0) is 37.1 Å². The Morgan fingerprint density at radius 3 is 2.66 bits per heavy atom. The van der Waals surface area contributed by atoms with E-state index in [0.717, 1.165) is 41.0 Å². The van der Waals surface area contributed by atoms with E-state index in [2.05, 4.69) is 61.0 Å². The SMILES string of the molecule is Cc1cccc(-n2c(SCc3nc(-c4ccccc4C)no3)nnc2N2CCOCC2)c1. The minimum Gasteiger partial charge on any atom is -0.378 e. The molecule has 0 saturated carbocycles. The molecule has 4 aromatic rings. The van der Waals surface area contributed by atoms with Gasteiger partial charge in [-0.25, -0.2) is 0 Å². The van der Waals surface area contributed by atoms with Gasteiger partial charge in [-0.3, -0.25) is 4.57 Å². The summed E-state index contributed by atoms with van der Waals surface area (Å²) in [5, 5.41) is 14.0. The van der Waals surface area contributed by atoms with Gasteiger partial charge in [-0.15, -0.1) is 10.2 Å². The van der Waals surface area contributed by atoms with Crippen LogP contribution in [0.2, 0.25) is 0 Å². The van der Waals surface area contributed by atoms with Crippen molar-refractivity contribution in [2.75, 3.05) is 31.2 Å². The van der Waals surface area contributed by atoms with E-state index in [1.807, 2.05) is 31.2 Å². The molecule has 0 unspecified atom stereocenters. The number of hydrogen-bond acceptors (Lipinski definition) is 8. The zero-order chi connectivity index (χ0) is 21.9. The molecule has 164 valence electrons. The minimum atomic E-state index is 0.506. The molecule has 0 bridgehead atoms. The molecule has 32 heavy (non-hydrogen) atoms. The van der Waals surface area contributed by atoms with E-state index in [0.29, 0.717) is 30.7 Å². The number of morpholine rings is 1. The summed E-state index contributed by atoms with van der Waals surface area (Å²) < 4.78 is 13.1. The summed E-state index contributed by atoms with van der Waals surface area (Å²) in [6, 6.07) is 16.4. The van der Waals surface area contributed by atoms with Crippen LogP contribution < -0.4 is 4.90 Å². The molecule has 0 atom stereocenters. The summed E-state index contributed by atoms with van der Waals surface area (Å²) in [7, 11) is 0. The van der Waals surface area contributed by atoms with Gasteiger partial charge in [0.1, 0.15) is 0 Å². The number of rotatable bonds is 6. The molecule has 2 aromatic carbocycles. The molecule has 1 fully saturated rings. The number of aromatic nitrogens is 5. The van der Waals surface area contributed by atoms with Crippen LogP contribution >= 0.6 is 11.8 Å². The van der Waals surface area contributed by atoms with Gasteiger partial charge >= 0.3 is 0 Å². The highest BCUT2D eigenvalue weighted by Crippen LogP contribution is 2.30. The Labute approximate surface area is 190 Å². The van der Waals surface area contributed by atoms with Crippen molar-refractivity contribution in [2.24, 2.45) is 0 Å². The summed E-state index contributed by atoms with van der Waals surface area (Å²) in [6.07, 6.45) is 0. The summed E-state index contributed by atoms with van der Waals surface area (Å²) in [5.41, 5.74) is 4.30. The van der Waals surface area contributed by atoms with Crippen LogP contribution in [0.15, 0.2) is 58.2 Å². The molecule has 0 N–H and O–H groups in total. The Hall–Kier alpha value is -3.17. The lowest BCUT2D eigenvalue weighted by molar-refractivity contribution is 0.122. The molecule has 2 aromatic heterocycles. The van der Waals surface area contributed by atoms with Crippen molar-refractivity contribution in [1.82, 2.24) is 24.9 Å². The number of ether oxygens (including phenoxy) is 1. The maximum atomic E-state index is 5.52. The molecular formula is C23H24N6O2S. The largest absolute Gasteiger partial charge is 0.378 e. The van der Waals surface area contributed by atoms with Crippen LogP contribution in [0.3, 0.4) is 0 Å². The Morgan fingerprint density at radius 1 is 1.00 bits per heavy atom. The van der Waals surface area contributed by atoms with Crippen LogP contribution in [0, 0.1) is 13.8 Å². The second kappa shape index (κ2) is 9.13. The lowest BCUT2D eigenvalue weighted by Gasteiger charge is -2.28. The van der Waals surface area contributed by atoms with E-state index >= 15 is 0 Å². The number of thioether (sulfide) groups is 1. The average Bonchev–Trinajstić information content (AvgIpc) is 3.46. The Balaban J connectivity index is 1.41. The van der Waals surface area contributed by atoms with Crippen molar-refractivity contribution in [1.29, 1.82) is 0 Å². The molecule has 3 heterocycles. The zero-order valence-corrected chi connectivity index (χ0v) is 18.9. The quantitative estimate of drug-likeness (QED) is 0.409. The van der Waals surface area contributed by atoms with Crippen LogP contribution in [0.5, 0.6) is 0 Å². The Kier molecular flexibility index (Phi) is 5.91. The van der Waals surface area contributed by atoms with E-state index < -0.39 is 0 Å². The van der Waals surface area contributed by atoms with E-state index in [1.54, 1.807) is 0 Å².